The van der Waals surface area contributed by atoms with Crippen LogP contribution < -0.4 is 20.9 Å². The van der Waals surface area contributed by atoms with Gasteiger partial charge in [0.05, 0.1) is 10.8 Å². The highest BCUT2D eigenvalue weighted by molar-refractivity contribution is 6.15. The first-order valence-electron chi connectivity index (χ1n) is 10.8. The van der Waals surface area contributed by atoms with E-state index in [0.29, 0.717) is 16.5 Å². The lowest BCUT2D eigenvalue weighted by Gasteiger charge is -2.34. The second-order valence-electron chi connectivity index (χ2n) is 8.56. The number of amides is 1. The van der Waals surface area contributed by atoms with Crippen LogP contribution in [0, 0.1) is 5.82 Å². The predicted molar refractivity (Wildman–Crippen MR) is 125 cm³/mol. The summed E-state index contributed by atoms with van der Waals surface area (Å²) < 4.78 is 32.1. The number of nitrogens with zero attached hydrogens (tertiary/aromatic N) is 1. The van der Waals surface area contributed by atoms with E-state index in [2.05, 4.69) is 0 Å². The number of carbonyl (C=O) groups is 1. The molecular formula is C27H14FNO6. The average molecular weight is 467 g/mol. The van der Waals surface area contributed by atoms with Crippen molar-refractivity contribution in [1.29, 1.82) is 0 Å². The van der Waals surface area contributed by atoms with Gasteiger partial charge in [-0.05, 0) is 42.5 Å². The molecule has 0 unspecified atom stereocenters. The molecular weight excluding hydrogens is 453 g/mol. The minimum Gasteiger partial charge on any atom is -0.455 e. The van der Waals surface area contributed by atoms with Gasteiger partial charge in [0.2, 0.25) is 5.91 Å². The lowest BCUT2D eigenvalue weighted by Crippen LogP contribution is -2.48. The number of benzene rings is 3. The number of halogens is 1. The van der Waals surface area contributed by atoms with Crippen molar-refractivity contribution in [2.45, 2.75) is 5.41 Å². The predicted octanol–water partition coefficient (Wildman–Crippen LogP) is 4.46. The van der Waals surface area contributed by atoms with Crippen molar-refractivity contribution in [3.05, 3.63) is 110 Å². The summed E-state index contributed by atoms with van der Waals surface area (Å²) in [5, 5.41) is 0.870. The summed E-state index contributed by atoms with van der Waals surface area (Å²) in [7, 11) is 1.51. The van der Waals surface area contributed by atoms with Crippen LogP contribution in [0.5, 0.6) is 11.5 Å². The Morgan fingerprint density at radius 1 is 0.771 bits per heavy atom. The molecule has 2 aromatic heterocycles. The molecule has 1 amide bonds. The van der Waals surface area contributed by atoms with Crippen LogP contribution in [-0.4, -0.2) is 13.0 Å². The van der Waals surface area contributed by atoms with Gasteiger partial charge in [-0.15, -0.1) is 0 Å². The Balaban J connectivity index is 1.78. The first-order chi connectivity index (χ1) is 16.9. The third-order valence-electron chi connectivity index (χ3n) is 6.83. The normalized spacial score (nSPS) is 15.3. The molecule has 5 aromatic rings. The maximum absolute atomic E-state index is 14.6. The SMILES string of the molecule is CN1C(=O)C2(c3cc(F)ccc31)c1c(c3ccccc3oc1=O)Oc1c2c(=O)oc2ccccc12. The molecule has 4 heterocycles. The molecule has 3 aromatic carbocycles. The number of para-hydroxylation sites is 2. The molecule has 0 fully saturated rings. The van der Waals surface area contributed by atoms with E-state index in [1.807, 2.05) is 0 Å². The highest BCUT2D eigenvalue weighted by Gasteiger charge is 2.61. The third-order valence-corrected chi connectivity index (χ3v) is 6.83. The Morgan fingerprint density at radius 2 is 1.31 bits per heavy atom. The first kappa shape index (κ1) is 19.7. The number of hydrogen-bond acceptors (Lipinski definition) is 6. The number of ether oxygens (including phenoxy) is 1. The van der Waals surface area contributed by atoms with Crippen LogP contribution in [0.25, 0.3) is 21.9 Å². The van der Waals surface area contributed by atoms with Crippen molar-refractivity contribution in [3.8, 4) is 11.5 Å². The molecule has 2 aliphatic heterocycles. The van der Waals surface area contributed by atoms with E-state index in [9.17, 15) is 18.8 Å². The van der Waals surface area contributed by atoms with Crippen LogP contribution in [0.2, 0.25) is 0 Å². The summed E-state index contributed by atoms with van der Waals surface area (Å²) in [4.78, 5) is 42.5. The van der Waals surface area contributed by atoms with Crippen molar-refractivity contribution in [2.75, 3.05) is 11.9 Å². The average Bonchev–Trinajstić information content (AvgIpc) is 3.06. The summed E-state index contributed by atoms with van der Waals surface area (Å²) in [6.45, 7) is 0. The second kappa shape index (κ2) is 6.44. The molecule has 1 spiro atoms. The number of carbonyl (C=O) groups excluding carboxylic acids is 1. The molecule has 170 valence electrons. The molecule has 0 saturated carbocycles. The standard InChI is InChI=1S/C27H14FNO6/c1-29-17-11-10-13(28)12-16(17)27(26(29)32)20-22(14-6-2-4-8-18(14)33-24(20)30)35-23-15-7-3-5-9-19(15)34-25(31)21(23)27/h2-12H,1H3. The van der Waals surface area contributed by atoms with Gasteiger partial charge in [0.25, 0.3) is 0 Å². The van der Waals surface area contributed by atoms with Gasteiger partial charge in [-0.1, -0.05) is 24.3 Å². The van der Waals surface area contributed by atoms with Gasteiger partial charge in [0.1, 0.15) is 33.5 Å². The Hall–Kier alpha value is -4.72. The minimum atomic E-state index is -2.02. The molecule has 0 N–H and O–H groups in total. The van der Waals surface area contributed by atoms with Crippen LogP contribution in [0.3, 0.4) is 0 Å². The summed E-state index contributed by atoms with van der Waals surface area (Å²) in [6.07, 6.45) is 0. The molecule has 0 aliphatic carbocycles. The highest BCUT2D eigenvalue weighted by atomic mass is 19.1. The zero-order chi connectivity index (χ0) is 24.1. The Bertz CT molecular complexity index is 1790. The minimum absolute atomic E-state index is 0.0824. The maximum Gasteiger partial charge on any atom is 0.345 e. The molecule has 0 saturated heterocycles. The number of anilines is 1. The van der Waals surface area contributed by atoms with Crippen LogP contribution >= 0.6 is 0 Å². The van der Waals surface area contributed by atoms with Crippen molar-refractivity contribution in [2.24, 2.45) is 0 Å². The van der Waals surface area contributed by atoms with E-state index < -0.39 is 28.4 Å². The molecule has 7 nitrogen and oxygen atoms in total. The lowest BCUT2D eigenvalue weighted by molar-refractivity contribution is -0.120. The molecule has 7 rings (SSSR count). The quantitative estimate of drug-likeness (QED) is 0.313. The fourth-order valence-electron chi connectivity index (χ4n) is 5.39. The van der Waals surface area contributed by atoms with E-state index in [1.54, 1.807) is 48.5 Å². The van der Waals surface area contributed by atoms with E-state index in [1.165, 1.54) is 30.1 Å². The summed E-state index contributed by atoms with van der Waals surface area (Å²) in [5.41, 5.74) is -3.13. The Kier molecular flexibility index (Phi) is 3.63. The van der Waals surface area contributed by atoms with Crippen molar-refractivity contribution in [1.82, 2.24) is 0 Å². The van der Waals surface area contributed by atoms with E-state index in [-0.39, 0.29) is 39.4 Å². The van der Waals surface area contributed by atoms with Gasteiger partial charge in [0, 0.05) is 18.3 Å². The van der Waals surface area contributed by atoms with Gasteiger partial charge in [-0.2, -0.15) is 0 Å². The molecule has 0 atom stereocenters. The zero-order valence-electron chi connectivity index (χ0n) is 18.1. The molecule has 8 heteroatoms. The topological polar surface area (TPSA) is 90.0 Å². The molecule has 35 heavy (non-hydrogen) atoms. The molecule has 0 radical (unpaired) electrons. The van der Waals surface area contributed by atoms with Crippen LogP contribution in [-0.2, 0) is 10.2 Å². The molecule has 0 bridgehead atoms. The van der Waals surface area contributed by atoms with Crippen LogP contribution in [0.4, 0.5) is 10.1 Å². The number of fused-ring (bicyclic) bond motifs is 10. The first-order valence-corrected chi connectivity index (χ1v) is 10.8. The third kappa shape index (κ3) is 2.26. The van der Waals surface area contributed by atoms with Crippen LogP contribution in [0.15, 0.2) is 85.2 Å². The van der Waals surface area contributed by atoms with Crippen molar-refractivity contribution < 1.29 is 22.8 Å². The van der Waals surface area contributed by atoms with Crippen molar-refractivity contribution >= 4 is 33.5 Å². The number of hydrogen-bond donors (Lipinski definition) is 0. The Labute approximate surface area is 195 Å². The van der Waals surface area contributed by atoms with Gasteiger partial charge in [-0.3, -0.25) is 4.79 Å². The summed E-state index contributed by atoms with van der Waals surface area (Å²) in [6, 6.07) is 17.3. The van der Waals surface area contributed by atoms with E-state index in [4.69, 9.17) is 13.6 Å². The van der Waals surface area contributed by atoms with Crippen molar-refractivity contribution in [3.63, 3.8) is 0 Å². The number of likely N-dealkylation sites (N-methyl/N-ethyl adjacent to an activating group) is 1. The maximum atomic E-state index is 14.6. The van der Waals surface area contributed by atoms with Gasteiger partial charge < -0.3 is 18.5 Å². The van der Waals surface area contributed by atoms with Gasteiger partial charge >= 0.3 is 11.3 Å². The second-order valence-corrected chi connectivity index (χ2v) is 8.56. The Morgan fingerprint density at radius 3 is 1.89 bits per heavy atom. The van der Waals surface area contributed by atoms with E-state index in [0.717, 1.165) is 0 Å². The van der Waals surface area contributed by atoms with Gasteiger partial charge in [-0.25, -0.2) is 14.0 Å². The largest absolute Gasteiger partial charge is 0.455 e. The lowest BCUT2D eigenvalue weighted by atomic mass is 9.69. The molecule has 2 aliphatic rings. The highest BCUT2D eigenvalue weighted by Crippen LogP contribution is 2.58. The summed E-state index contributed by atoms with van der Waals surface area (Å²) in [5.74, 6) is -1.08. The monoisotopic (exact) mass is 467 g/mol. The summed E-state index contributed by atoms with van der Waals surface area (Å²) >= 11 is 0. The zero-order valence-corrected chi connectivity index (χ0v) is 18.1. The smallest absolute Gasteiger partial charge is 0.345 e. The fourth-order valence-corrected chi connectivity index (χ4v) is 5.39. The fraction of sp³-hybridized carbons (Fsp3) is 0.0741. The van der Waals surface area contributed by atoms with Crippen LogP contribution in [0.1, 0.15) is 16.7 Å². The number of rotatable bonds is 0. The van der Waals surface area contributed by atoms with E-state index >= 15 is 0 Å². The van der Waals surface area contributed by atoms with Gasteiger partial charge in [0.15, 0.2) is 11.5 Å².